The van der Waals surface area contributed by atoms with E-state index in [1.54, 1.807) is 0 Å². The number of nitrogens with one attached hydrogen (secondary N) is 1. The SMILES string of the molecule is CS(=O)(=O)CCCNc1ccc(C#N)c(Br)c1F. The Hall–Kier alpha value is -1.13. The molecule has 0 saturated heterocycles. The van der Waals surface area contributed by atoms with E-state index in [0.29, 0.717) is 13.0 Å². The molecule has 1 aromatic carbocycles. The standard InChI is InChI=1S/C11H12BrFN2O2S/c1-18(16,17)6-2-5-15-9-4-3-8(7-14)10(12)11(9)13/h3-4,15H,2,5-6H2,1H3. The molecule has 0 aliphatic rings. The van der Waals surface area contributed by atoms with Crippen molar-refractivity contribution >= 4 is 31.5 Å². The summed E-state index contributed by atoms with van der Waals surface area (Å²) in [4.78, 5) is 0. The molecule has 0 fully saturated rings. The molecule has 0 saturated carbocycles. The lowest BCUT2D eigenvalue weighted by Crippen LogP contribution is -2.10. The van der Waals surface area contributed by atoms with Gasteiger partial charge in [-0.3, -0.25) is 0 Å². The lowest BCUT2D eigenvalue weighted by atomic mass is 10.2. The van der Waals surface area contributed by atoms with Gasteiger partial charge < -0.3 is 5.32 Å². The van der Waals surface area contributed by atoms with Gasteiger partial charge in [0.15, 0.2) is 5.82 Å². The van der Waals surface area contributed by atoms with Gasteiger partial charge in [-0.1, -0.05) is 0 Å². The van der Waals surface area contributed by atoms with Crippen LogP contribution >= 0.6 is 15.9 Å². The van der Waals surface area contributed by atoms with E-state index in [9.17, 15) is 12.8 Å². The van der Waals surface area contributed by atoms with Crippen LogP contribution in [0.3, 0.4) is 0 Å². The highest BCUT2D eigenvalue weighted by Crippen LogP contribution is 2.26. The Morgan fingerprint density at radius 2 is 2.17 bits per heavy atom. The number of nitrogens with zero attached hydrogens (tertiary/aromatic N) is 1. The maximum atomic E-state index is 13.7. The Morgan fingerprint density at radius 1 is 1.50 bits per heavy atom. The molecule has 7 heteroatoms. The lowest BCUT2D eigenvalue weighted by Gasteiger charge is -2.08. The van der Waals surface area contributed by atoms with Crippen LogP contribution in [0.4, 0.5) is 10.1 Å². The highest BCUT2D eigenvalue weighted by molar-refractivity contribution is 9.10. The first-order valence-electron chi connectivity index (χ1n) is 5.15. The van der Waals surface area contributed by atoms with Crippen LogP contribution in [0, 0.1) is 17.1 Å². The number of hydrogen-bond donors (Lipinski definition) is 1. The molecule has 1 aromatic rings. The van der Waals surface area contributed by atoms with Crippen molar-refractivity contribution in [3.8, 4) is 6.07 Å². The molecule has 0 spiro atoms. The summed E-state index contributed by atoms with van der Waals surface area (Å²) in [6.07, 6.45) is 1.56. The average Bonchev–Trinajstić information content (AvgIpc) is 2.28. The molecule has 0 aliphatic heterocycles. The largest absolute Gasteiger partial charge is 0.383 e. The molecule has 1 N–H and O–H groups in total. The Kier molecular flexibility index (Phi) is 5.11. The molecule has 0 bridgehead atoms. The van der Waals surface area contributed by atoms with Crippen molar-refractivity contribution in [1.82, 2.24) is 0 Å². The summed E-state index contributed by atoms with van der Waals surface area (Å²) in [6.45, 7) is 0.350. The second kappa shape index (κ2) is 6.16. The third-order valence-corrected chi connectivity index (χ3v) is 4.02. The first-order chi connectivity index (χ1) is 8.35. The molecular formula is C11H12BrFN2O2S. The topological polar surface area (TPSA) is 70.0 Å². The van der Waals surface area contributed by atoms with Crippen LogP contribution in [0.5, 0.6) is 0 Å². The normalized spacial score (nSPS) is 11.0. The van der Waals surface area contributed by atoms with Crippen LogP contribution in [0.15, 0.2) is 16.6 Å². The zero-order chi connectivity index (χ0) is 13.8. The molecule has 0 aliphatic carbocycles. The minimum atomic E-state index is -2.99. The van der Waals surface area contributed by atoms with Gasteiger partial charge in [-0.2, -0.15) is 5.26 Å². The quantitative estimate of drug-likeness (QED) is 0.839. The fourth-order valence-electron chi connectivity index (χ4n) is 1.33. The zero-order valence-corrected chi connectivity index (χ0v) is 12.1. The second-order valence-corrected chi connectivity index (χ2v) is 6.86. The highest BCUT2D eigenvalue weighted by Gasteiger charge is 2.10. The van der Waals surface area contributed by atoms with Crippen molar-refractivity contribution in [3.63, 3.8) is 0 Å². The Balaban J connectivity index is 2.65. The first-order valence-corrected chi connectivity index (χ1v) is 8.00. The molecule has 0 heterocycles. The maximum Gasteiger partial charge on any atom is 0.161 e. The van der Waals surface area contributed by atoms with E-state index < -0.39 is 15.7 Å². The third kappa shape index (κ3) is 4.27. The summed E-state index contributed by atoms with van der Waals surface area (Å²) >= 11 is 3.00. The van der Waals surface area contributed by atoms with Crippen molar-refractivity contribution < 1.29 is 12.8 Å². The number of hydrogen-bond acceptors (Lipinski definition) is 4. The number of nitriles is 1. The van der Waals surface area contributed by atoms with Crippen LogP contribution in [0.2, 0.25) is 0 Å². The van der Waals surface area contributed by atoms with Gasteiger partial charge in [0, 0.05) is 12.8 Å². The van der Waals surface area contributed by atoms with Gasteiger partial charge in [-0.05, 0) is 34.5 Å². The smallest absolute Gasteiger partial charge is 0.161 e. The van der Waals surface area contributed by atoms with E-state index in [1.165, 1.54) is 12.1 Å². The molecule has 4 nitrogen and oxygen atoms in total. The Labute approximate surface area is 114 Å². The molecule has 98 valence electrons. The summed E-state index contributed by atoms with van der Waals surface area (Å²) in [6, 6.07) is 4.81. The predicted octanol–water partition coefficient (Wildman–Crippen LogP) is 2.31. The van der Waals surface area contributed by atoms with Crippen molar-refractivity contribution in [2.75, 3.05) is 23.9 Å². The van der Waals surface area contributed by atoms with Gasteiger partial charge in [0.25, 0.3) is 0 Å². The van der Waals surface area contributed by atoms with Crippen LogP contribution in [0.25, 0.3) is 0 Å². The van der Waals surface area contributed by atoms with Gasteiger partial charge in [-0.15, -0.1) is 0 Å². The first kappa shape index (κ1) is 14.9. The number of anilines is 1. The molecule has 0 aromatic heterocycles. The highest BCUT2D eigenvalue weighted by atomic mass is 79.9. The van der Waals surface area contributed by atoms with Gasteiger partial charge >= 0.3 is 0 Å². The van der Waals surface area contributed by atoms with Crippen LogP contribution in [-0.4, -0.2) is 27.0 Å². The van der Waals surface area contributed by atoms with Gasteiger partial charge in [0.05, 0.1) is 21.5 Å². The lowest BCUT2D eigenvalue weighted by molar-refractivity contribution is 0.599. The van der Waals surface area contributed by atoms with E-state index in [0.717, 1.165) is 6.26 Å². The maximum absolute atomic E-state index is 13.7. The van der Waals surface area contributed by atoms with Crippen molar-refractivity contribution in [1.29, 1.82) is 5.26 Å². The Bertz CT molecular complexity index is 581. The summed E-state index contributed by atoms with van der Waals surface area (Å²) in [5.41, 5.74) is 0.462. The number of halogens is 2. The van der Waals surface area contributed by atoms with E-state index >= 15 is 0 Å². The van der Waals surface area contributed by atoms with E-state index in [-0.39, 0.29) is 21.5 Å². The molecule has 18 heavy (non-hydrogen) atoms. The van der Waals surface area contributed by atoms with Gasteiger partial charge in [0.1, 0.15) is 15.9 Å². The minimum Gasteiger partial charge on any atom is -0.383 e. The van der Waals surface area contributed by atoms with Crippen molar-refractivity contribution in [2.45, 2.75) is 6.42 Å². The summed E-state index contributed by atoms with van der Waals surface area (Å²) in [7, 11) is -2.99. The second-order valence-electron chi connectivity index (χ2n) is 3.81. The van der Waals surface area contributed by atoms with E-state index in [2.05, 4.69) is 21.2 Å². The minimum absolute atomic E-state index is 0.0546. The van der Waals surface area contributed by atoms with Gasteiger partial charge in [-0.25, -0.2) is 12.8 Å². The molecule has 0 atom stereocenters. The summed E-state index contributed by atoms with van der Waals surface area (Å²) in [5.74, 6) is -0.493. The summed E-state index contributed by atoms with van der Waals surface area (Å²) < 4.78 is 35.6. The summed E-state index contributed by atoms with van der Waals surface area (Å²) in [5, 5.41) is 11.5. The fourth-order valence-corrected chi connectivity index (χ4v) is 2.43. The molecule has 0 radical (unpaired) electrons. The van der Waals surface area contributed by atoms with Crippen molar-refractivity contribution in [3.05, 3.63) is 28.0 Å². The number of rotatable bonds is 5. The molecular weight excluding hydrogens is 323 g/mol. The molecule has 1 rings (SSSR count). The molecule has 0 amide bonds. The number of benzene rings is 1. The number of sulfone groups is 1. The Morgan fingerprint density at radius 3 is 2.72 bits per heavy atom. The van der Waals surface area contributed by atoms with Crippen molar-refractivity contribution in [2.24, 2.45) is 0 Å². The van der Waals surface area contributed by atoms with Crippen LogP contribution in [-0.2, 0) is 9.84 Å². The van der Waals surface area contributed by atoms with E-state index in [4.69, 9.17) is 5.26 Å². The molecule has 0 unspecified atom stereocenters. The zero-order valence-electron chi connectivity index (χ0n) is 9.70. The average molecular weight is 335 g/mol. The predicted molar refractivity (Wildman–Crippen MR) is 71.6 cm³/mol. The van der Waals surface area contributed by atoms with Crippen LogP contribution in [0.1, 0.15) is 12.0 Å². The monoisotopic (exact) mass is 334 g/mol. The van der Waals surface area contributed by atoms with Crippen LogP contribution < -0.4 is 5.32 Å². The fraction of sp³-hybridized carbons (Fsp3) is 0.364. The van der Waals surface area contributed by atoms with Gasteiger partial charge in [0.2, 0.25) is 0 Å². The third-order valence-electron chi connectivity index (χ3n) is 2.21. The van der Waals surface area contributed by atoms with E-state index in [1.807, 2.05) is 6.07 Å².